The van der Waals surface area contributed by atoms with Gasteiger partial charge in [0.25, 0.3) is 0 Å². The number of benzene rings is 1. The zero-order chi connectivity index (χ0) is 23.0. The second-order valence-corrected chi connectivity index (χ2v) is 10.6. The lowest BCUT2D eigenvalue weighted by atomic mass is 9.99. The van der Waals surface area contributed by atoms with Crippen LogP contribution in [0.15, 0.2) is 46.7 Å². The van der Waals surface area contributed by atoms with Gasteiger partial charge in [-0.1, -0.05) is 6.07 Å². The molecule has 0 aliphatic carbocycles. The molecule has 2 heterocycles. The summed E-state index contributed by atoms with van der Waals surface area (Å²) in [7, 11) is -3.81. The number of hydrogen-bond donors (Lipinski definition) is 2. The number of ketones is 1. The van der Waals surface area contributed by atoms with E-state index < -0.39 is 26.9 Å². The van der Waals surface area contributed by atoms with E-state index in [1.807, 2.05) is 17.5 Å². The Balaban J connectivity index is 1.54. The molecule has 0 radical (unpaired) electrons. The summed E-state index contributed by atoms with van der Waals surface area (Å²) in [5, 5.41) is 9.90. The van der Waals surface area contributed by atoms with Crippen LogP contribution in [0.25, 0.3) is 0 Å². The molecule has 0 spiro atoms. The normalized spacial score (nSPS) is 19.2. The monoisotopic (exact) mass is 481 g/mol. The van der Waals surface area contributed by atoms with E-state index >= 15 is 0 Å². The molecular weight excluding hydrogens is 454 g/mol. The van der Waals surface area contributed by atoms with Crippen molar-refractivity contribution in [1.29, 1.82) is 0 Å². The molecule has 1 fully saturated rings. The summed E-state index contributed by atoms with van der Waals surface area (Å²) in [6.07, 6.45) is 2.27. The summed E-state index contributed by atoms with van der Waals surface area (Å²) < 4.78 is 37.3. The number of rotatable bonds is 10. The van der Waals surface area contributed by atoms with Crippen molar-refractivity contribution in [3.8, 4) is 5.75 Å². The van der Waals surface area contributed by atoms with Crippen LogP contribution in [0, 0.1) is 5.92 Å². The quantitative estimate of drug-likeness (QED) is 0.231. The Morgan fingerprint density at radius 1 is 1.12 bits per heavy atom. The van der Waals surface area contributed by atoms with Crippen LogP contribution in [0.3, 0.4) is 0 Å². The van der Waals surface area contributed by atoms with E-state index in [1.165, 1.54) is 23.5 Å². The van der Waals surface area contributed by atoms with Crippen LogP contribution in [-0.2, 0) is 19.4 Å². The van der Waals surface area contributed by atoms with Gasteiger partial charge in [0, 0.05) is 19.6 Å². The van der Waals surface area contributed by atoms with Gasteiger partial charge in [0.05, 0.1) is 27.5 Å². The molecule has 1 aromatic carbocycles. The fraction of sp³-hybridized carbons (Fsp3) is 0.455. The van der Waals surface area contributed by atoms with E-state index in [-0.39, 0.29) is 36.7 Å². The first kappa shape index (κ1) is 24.4. The molecule has 8 nitrogen and oxygen atoms in total. The molecule has 2 atom stereocenters. The van der Waals surface area contributed by atoms with Crippen LogP contribution in [0.1, 0.15) is 41.8 Å². The number of Topliss-reactive ketones (excluding diaryl/α,β-unsaturated/α-hetero) is 1. The van der Waals surface area contributed by atoms with Crippen LogP contribution in [0.2, 0.25) is 0 Å². The van der Waals surface area contributed by atoms with Gasteiger partial charge in [0.1, 0.15) is 5.75 Å². The van der Waals surface area contributed by atoms with Crippen molar-refractivity contribution in [2.75, 3.05) is 19.8 Å². The fourth-order valence-corrected chi connectivity index (χ4v) is 6.35. The number of thiophene rings is 1. The van der Waals surface area contributed by atoms with Crippen molar-refractivity contribution in [3.05, 3.63) is 46.7 Å². The highest BCUT2D eigenvalue weighted by Gasteiger charge is 2.39. The first-order chi connectivity index (χ1) is 15.4. The van der Waals surface area contributed by atoms with Crippen LogP contribution >= 0.6 is 11.3 Å². The maximum atomic E-state index is 13.2. The Labute approximate surface area is 191 Å². The van der Waals surface area contributed by atoms with Crippen molar-refractivity contribution in [3.63, 3.8) is 0 Å². The predicted molar refractivity (Wildman–Crippen MR) is 119 cm³/mol. The summed E-state index contributed by atoms with van der Waals surface area (Å²) in [6.45, 7) is 0.910. The van der Waals surface area contributed by atoms with Gasteiger partial charge in [0.15, 0.2) is 15.6 Å². The van der Waals surface area contributed by atoms with Crippen molar-refractivity contribution in [1.82, 2.24) is 5.48 Å². The maximum absolute atomic E-state index is 13.2. The van der Waals surface area contributed by atoms with Crippen molar-refractivity contribution >= 4 is 32.9 Å². The largest absolute Gasteiger partial charge is 0.494 e. The maximum Gasteiger partial charge on any atom is 0.247 e. The van der Waals surface area contributed by atoms with E-state index in [0.717, 1.165) is 4.88 Å². The van der Waals surface area contributed by atoms with Gasteiger partial charge in [-0.2, -0.15) is 0 Å². The van der Waals surface area contributed by atoms with E-state index in [4.69, 9.17) is 14.7 Å². The van der Waals surface area contributed by atoms with Gasteiger partial charge in [-0.05, 0) is 61.4 Å². The van der Waals surface area contributed by atoms with Gasteiger partial charge in [0.2, 0.25) is 5.91 Å². The number of carbonyl (C=O) groups excluding carboxylic acids is 2. The molecule has 174 valence electrons. The van der Waals surface area contributed by atoms with E-state index in [9.17, 15) is 18.0 Å². The van der Waals surface area contributed by atoms with E-state index in [0.29, 0.717) is 31.6 Å². The number of hydrogen-bond acceptors (Lipinski definition) is 8. The summed E-state index contributed by atoms with van der Waals surface area (Å²) in [5.74, 6) is -0.948. The number of ether oxygens (including phenoxy) is 2. The number of amides is 1. The molecule has 1 aromatic heterocycles. The highest BCUT2D eigenvalue weighted by atomic mass is 32.2. The van der Waals surface area contributed by atoms with Crippen molar-refractivity contribution < 1.29 is 32.7 Å². The average Bonchev–Trinajstić information content (AvgIpc) is 3.22. The molecule has 1 aliphatic heterocycles. The fourth-order valence-electron chi connectivity index (χ4n) is 3.69. The predicted octanol–water partition coefficient (Wildman–Crippen LogP) is 3.25. The average molecular weight is 482 g/mol. The van der Waals surface area contributed by atoms with E-state index in [2.05, 4.69) is 0 Å². The van der Waals surface area contributed by atoms with Gasteiger partial charge in [-0.3, -0.25) is 14.8 Å². The Hall–Kier alpha value is -2.27. The van der Waals surface area contributed by atoms with Gasteiger partial charge in [-0.15, -0.1) is 11.3 Å². The van der Waals surface area contributed by atoms with Gasteiger partial charge < -0.3 is 9.47 Å². The first-order valence-electron chi connectivity index (χ1n) is 10.5. The highest BCUT2D eigenvalue weighted by Crippen LogP contribution is 2.30. The Kier molecular flexibility index (Phi) is 8.80. The summed E-state index contributed by atoms with van der Waals surface area (Å²) in [5.41, 5.74) is 1.57. The number of sulfone groups is 1. The second-order valence-electron chi connectivity index (χ2n) is 7.53. The number of hydroxylamine groups is 1. The lowest BCUT2D eigenvalue weighted by Gasteiger charge is -2.22. The Bertz CT molecular complexity index is 988. The smallest absolute Gasteiger partial charge is 0.247 e. The molecule has 1 amide bonds. The lowest BCUT2D eigenvalue weighted by molar-refractivity contribution is -0.133. The topological polar surface area (TPSA) is 119 Å². The Morgan fingerprint density at radius 3 is 2.56 bits per heavy atom. The molecule has 3 rings (SSSR count). The molecule has 32 heavy (non-hydrogen) atoms. The van der Waals surface area contributed by atoms with Gasteiger partial charge in [-0.25, -0.2) is 13.9 Å². The third-order valence-corrected chi connectivity index (χ3v) is 8.63. The molecule has 0 bridgehead atoms. The molecular formula is C22H27NO7S2. The third kappa shape index (κ3) is 6.16. The number of carbonyl (C=O) groups is 2. The lowest BCUT2D eigenvalue weighted by Crippen LogP contribution is -2.40. The number of unbranched alkanes of at least 4 members (excludes halogenated alkanes) is 1. The minimum Gasteiger partial charge on any atom is -0.494 e. The molecule has 10 heteroatoms. The highest BCUT2D eigenvalue weighted by molar-refractivity contribution is 7.92. The molecule has 2 N–H and O–H groups in total. The minimum atomic E-state index is -3.81. The van der Waals surface area contributed by atoms with Crippen LogP contribution in [-0.4, -0.2) is 50.4 Å². The molecule has 2 unspecified atom stereocenters. The molecule has 0 saturated carbocycles. The van der Waals surface area contributed by atoms with Gasteiger partial charge >= 0.3 is 0 Å². The molecule has 1 aliphatic rings. The number of nitrogens with one attached hydrogen (secondary N) is 1. The Morgan fingerprint density at radius 2 is 1.88 bits per heavy atom. The zero-order valence-electron chi connectivity index (χ0n) is 17.6. The van der Waals surface area contributed by atoms with Crippen LogP contribution in [0.4, 0.5) is 0 Å². The SMILES string of the molecule is O=C(CCCCOc1ccc(S(=O)(=O)C2CCOCCC2C(=O)NO)cc1)c1cccs1. The molecule has 2 aromatic rings. The second kappa shape index (κ2) is 11.6. The minimum absolute atomic E-state index is 0.0917. The summed E-state index contributed by atoms with van der Waals surface area (Å²) in [4.78, 5) is 24.9. The summed E-state index contributed by atoms with van der Waals surface area (Å²) >= 11 is 1.44. The van der Waals surface area contributed by atoms with E-state index in [1.54, 1.807) is 17.6 Å². The first-order valence-corrected chi connectivity index (χ1v) is 12.9. The van der Waals surface area contributed by atoms with Crippen molar-refractivity contribution in [2.45, 2.75) is 42.2 Å². The standard InChI is InChI=1S/C22H27NO7S2/c24-19(20-5-3-15-31-20)4-1-2-12-30-16-6-8-17(9-7-16)32(27,28)21-11-14-29-13-10-18(21)22(25)23-26/h3,5-9,15,18,21,26H,1-2,4,10-14H2,(H,23,25). The summed E-state index contributed by atoms with van der Waals surface area (Å²) in [6, 6.07) is 9.76. The molecule has 1 saturated heterocycles. The third-order valence-electron chi connectivity index (χ3n) is 5.43. The van der Waals surface area contributed by atoms with Crippen LogP contribution < -0.4 is 10.2 Å². The van der Waals surface area contributed by atoms with Crippen molar-refractivity contribution in [2.24, 2.45) is 5.92 Å². The zero-order valence-corrected chi connectivity index (χ0v) is 19.2. The van der Waals surface area contributed by atoms with Crippen LogP contribution in [0.5, 0.6) is 5.75 Å².